The van der Waals surface area contributed by atoms with E-state index < -0.39 is 37.3 Å². The average molecular weight is 297 g/mol. The first kappa shape index (κ1) is 14.8. The van der Waals surface area contributed by atoms with Gasteiger partial charge in [0, 0.05) is 14.1 Å². The number of benzene rings is 1. The first-order valence-electron chi connectivity index (χ1n) is 4.57. The molecule has 100 valence electrons. The smallest absolute Gasteiger partial charge is 0.337 e. The lowest BCUT2D eigenvalue weighted by Gasteiger charge is -2.13. The van der Waals surface area contributed by atoms with E-state index >= 15 is 0 Å². The number of hydrogen-bond donors (Lipinski definition) is 2. The zero-order valence-corrected chi connectivity index (χ0v) is 11.0. The van der Waals surface area contributed by atoms with Crippen LogP contribution in [0.4, 0.5) is 4.39 Å². The van der Waals surface area contributed by atoms with E-state index in [0.29, 0.717) is 6.07 Å². The summed E-state index contributed by atoms with van der Waals surface area (Å²) < 4.78 is 36.8. The molecule has 0 spiro atoms. The summed E-state index contributed by atoms with van der Waals surface area (Å²) in [7, 11) is -1.20. The molecule has 1 rings (SSSR count). The highest BCUT2D eigenvalue weighted by molar-refractivity contribution is 7.89. The van der Waals surface area contributed by atoms with Gasteiger partial charge in [-0.15, -0.1) is 4.83 Å². The molecule has 18 heavy (non-hydrogen) atoms. The lowest BCUT2D eigenvalue weighted by Crippen LogP contribution is -2.36. The Bertz CT molecular complexity index is 588. The zero-order valence-electron chi connectivity index (χ0n) is 9.44. The summed E-state index contributed by atoms with van der Waals surface area (Å²) in [5, 5.41) is 9.28. The second-order valence-corrected chi connectivity index (χ2v) is 5.60. The predicted octanol–water partition coefficient (Wildman–Crippen LogP) is 0.932. The number of carboxylic acids is 1. The number of rotatable bonds is 4. The molecule has 0 aliphatic carbocycles. The number of carboxylic acid groups (broad SMARTS) is 1. The molecule has 0 fully saturated rings. The molecule has 0 aliphatic rings. The lowest BCUT2D eigenvalue weighted by atomic mass is 10.2. The summed E-state index contributed by atoms with van der Waals surface area (Å²) in [5.74, 6) is -2.63. The van der Waals surface area contributed by atoms with Crippen LogP contribution in [0.15, 0.2) is 17.0 Å². The van der Waals surface area contributed by atoms with Crippen LogP contribution >= 0.6 is 11.6 Å². The van der Waals surface area contributed by atoms with Crippen molar-refractivity contribution in [3.8, 4) is 0 Å². The standard InChI is InChI=1S/C9H10ClFN2O4S/c1-13(2)12-18(16,17)5-3-6(9(14)15)8(10)7(11)4-5/h3-4,12H,1-2H3,(H,14,15). The molecule has 0 radical (unpaired) electrons. The summed E-state index contributed by atoms with van der Waals surface area (Å²) in [5.41, 5.74) is -0.615. The predicted molar refractivity (Wildman–Crippen MR) is 62.4 cm³/mol. The van der Waals surface area contributed by atoms with E-state index in [1.165, 1.54) is 14.1 Å². The molecular formula is C9H10ClFN2O4S. The number of sulfonamides is 1. The molecule has 2 N–H and O–H groups in total. The SMILES string of the molecule is CN(C)NS(=O)(=O)c1cc(F)c(Cl)c(C(=O)O)c1. The van der Waals surface area contributed by atoms with Gasteiger partial charge in [-0.05, 0) is 12.1 Å². The third-order valence-corrected chi connectivity index (χ3v) is 3.69. The van der Waals surface area contributed by atoms with Crippen LogP contribution in [0.3, 0.4) is 0 Å². The van der Waals surface area contributed by atoms with Gasteiger partial charge in [0.15, 0.2) is 0 Å². The van der Waals surface area contributed by atoms with Gasteiger partial charge in [-0.3, -0.25) is 0 Å². The van der Waals surface area contributed by atoms with Gasteiger partial charge < -0.3 is 5.11 Å². The third kappa shape index (κ3) is 3.16. The molecular weight excluding hydrogens is 287 g/mol. The van der Waals surface area contributed by atoms with Crippen LogP contribution in [0.25, 0.3) is 0 Å². The van der Waals surface area contributed by atoms with Crippen molar-refractivity contribution in [2.24, 2.45) is 0 Å². The van der Waals surface area contributed by atoms with Crippen LogP contribution in [-0.4, -0.2) is 38.6 Å². The lowest BCUT2D eigenvalue weighted by molar-refractivity contribution is 0.0696. The van der Waals surface area contributed by atoms with E-state index in [0.717, 1.165) is 11.1 Å². The van der Waals surface area contributed by atoms with Gasteiger partial charge in [0.2, 0.25) is 0 Å². The maximum absolute atomic E-state index is 13.4. The fraction of sp³-hybridized carbons (Fsp3) is 0.222. The molecule has 9 heteroatoms. The number of nitrogens with one attached hydrogen (secondary N) is 1. The number of aromatic carboxylic acids is 1. The Kier molecular flexibility index (Phi) is 4.28. The van der Waals surface area contributed by atoms with E-state index in [4.69, 9.17) is 16.7 Å². The number of hydrazine groups is 1. The van der Waals surface area contributed by atoms with Gasteiger partial charge in [0.05, 0.1) is 15.5 Å². The number of halogens is 2. The van der Waals surface area contributed by atoms with Crippen molar-refractivity contribution >= 4 is 27.6 Å². The summed E-state index contributed by atoms with van der Waals surface area (Å²) in [4.78, 5) is 12.3. The summed E-state index contributed by atoms with van der Waals surface area (Å²) in [6.45, 7) is 0. The van der Waals surface area contributed by atoms with Gasteiger partial charge in [0.25, 0.3) is 10.0 Å². The van der Waals surface area contributed by atoms with Crippen molar-refractivity contribution in [3.63, 3.8) is 0 Å². The topological polar surface area (TPSA) is 86.7 Å². The maximum atomic E-state index is 13.4. The van der Waals surface area contributed by atoms with Gasteiger partial charge >= 0.3 is 5.97 Å². The van der Waals surface area contributed by atoms with Crippen LogP contribution in [0.1, 0.15) is 10.4 Å². The van der Waals surface area contributed by atoms with Crippen LogP contribution in [0.2, 0.25) is 5.02 Å². The van der Waals surface area contributed by atoms with Crippen LogP contribution < -0.4 is 4.83 Å². The van der Waals surface area contributed by atoms with Crippen molar-refractivity contribution < 1.29 is 22.7 Å². The summed E-state index contributed by atoms with van der Waals surface area (Å²) in [6, 6.07) is 1.44. The van der Waals surface area contributed by atoms with Crippen molar-refractivity contribution in [2.45, 2.75) is 4.90 Å². The van der Waals surface area contributed by atoms with E-state index in [1.807, 2.05) is 0 Å². The second kappa shape index (κ2) is 5.19. The first-order valence-corrected chi connectivity index (χ1v) is 6.43. The van der Waals surface area contributed by atoms with E-state index in [-0.39, 0.29) is 0 Å². The Morgan fingerprint density at radius 2 is 2.00 bits per heavy atom. The Hall–Kier alpha value is -1.22. The number of nitrogens with zero attached hydrogens (tertiary/aromatic N) is 1. The van der Waals surface area contributed by atoms with Crippen molar-refractivity contribution in [2.75, 3.05) is 14.1 Å². The minimum atomic E-state index is -4.04. The maximum Gasteiger partial charge on any atom is 0.337 e. The molecule has 0 heterocycles. The highest BCUT2D eigenvalue weighted by Crippen LogP contribution is 2.24. The van der Waals surface area contributed by atoms with Gasteiger partial charge in [-0.2, -0.15) is 0 Å². The molecule has 1 aromatic carbocycles. The van der Waals surface area contributed by atoms with E-state index in [2.05, 4.69) is 4.83 Å². The minimum Gasteiger partial charge on any atom is -0.478 e. The van der Waals surface area contributed by atoms with Crippen LogP contribution in [0.5, 0.6) is 0 Å². The Balaban J connectivity index is 3.40. The largest absolute Gasteiger partial charge is 0.478 e. The van der Waals surface area contributed by atoms with Gasteiger partial charge in [0.1, 0.15) is 5.82 Å². The second-order valence-electron chi connectivity index (χ2n) is 3.56. The molecule has 1 aromatic rings. The van der Waals surface area contributed by atoms with Crippen molar-refractivity contribution in [1.82, 2.24) is 9.84 Å². The van der Waals surface area contributed by atoms with E-state index in [9.17, 15) is 17.6 Å². The normalized spacial score (nSPS) is 11.8. The zero-order chi connectivity index (χ0) is 14.1. The van der Waals surface area contributed by atoms with Crippen LogP contribution in [-0.2, 0) is 10.0 Å². The molecule has 0 unspecified atom stereocenters. The van der Waals surface area contributed by atoms with Gasteiger partial charge in [-0.1, -0.05) is 11.6 Å². The molecule has 0 amide bonds. The Morgan fingerprint density at radius 1 is 1.44 bits per heavy atom. The molecule has 0 bridgehead atoms. The third-order valence-electron chi connectivity index (χ3n) is 1.85. The fourth-order valence-corrected chi connectivity index (χ4v) is 2.48. The van der Waals surface area contributed by atoms with Crippen LogP contribution in [0, 0.1) is 5.82 Å². The highest BCUT2D eigenvalue weighted by Gasteiger charge is 2.22. The highest BCUT2D eigenvalue weighted by atomic mass is 35.5. The fourth-order valence-electron chi connectivity index (χ4n) is 1.17. The molecule has 0 saturated carbocycles. The average Bonchev–Trinajstić information content (AvgIpc) is 2.19. The Labute approximate surface area is 108 Å². The minimum absolute atomic E-state index is 0.518. The Morgan fingerprint density at radius 3 is 2.44 bits per heavy atom. The van der Waals surface area contributed by atoms with Crippen molar-refractivity contribution in [1.29, 1.82) is 0 Å². The summed E-state index contributed by atoms with van der Waals surface area (Å²) >= 11 is 5.43. The van der Waals surface area contributed by atoms with Crippen molar-refractivity contribution in [3.05, 3.63) is 28.5 Å². The molecule has 0 aliphatic heterocycles. The molecule has 0 atom stereocenters. The summed E-state index contributed by atoms with van der Waals surface area (Å²) in [6.07, 6.45) is 0. The molecule has 0 aromatic heterocycles. The van der Waals surface area contributed by atoms with Gasteiger partial charge in [-0.25, -0.2) is 22.6 Å². The van der Waals surface area contributed by atoms with E-state index in [1.54, 1.807) is 0 Å². The number of hydrogen-bond acceptors (Lipinski definition) is 4. The first-order chi connectivity index (χ1) is 8.15. The molecule has 0 saturated heterocycles. The monoisotopic (exact) mass is 296 g/mol. The number of carbonyl (C=O) groups is 1. The molecule has 6 nitrogen and oxygen atoms in total. The quantitative estimate of drug-likeness (QED) is 0.807.